The van der Waals surface area contributed by atoms with Crippen molar-refractivity contribution in [3.63, 3.8) is 0 Å². The Kier molecular flexibility index (Phi) is 8.40. The Morgan fingerprint density at radius 1 is 1.17 bits per heavy atom. The summed E-state index contributed by atoms with van der Waals surface area (Å²) in [4.78, 5) is 44.7. The zero-order valence-electron chi connectivity index (χ0n) is 23.0. The molecule has 2 unspecified atom stereocenters. The van der Waals surface area contributed by atoms with Gasteiger partial charge in [-0.2, -0.15) is 4.98 Å². The average Bonchev–Trinajstić information content (AvgIpc) is 2.91. The quantitative estimate of drug-likeness (QED) is 0.293. The van der Waals surface area contributed by atoms with Crippen molar-refractivity contribution in [3.05, 3.63) is 47.5 Å². The van der Waals surface area contributed by atoms with E-state index in [0.29, 0.717) is 17.3 Å². The number of ether oxygens (including phenoxy) is 4. The SMILES string of the molecule is COC1=CC(Nc2ncc(F)c(Nc3ccc4c(n3)N(COP(=O)(O)O)C(=O)C(C)(C)O4)n2)C(C)C(OC)=C1OC. The van der Waals surface area contributed by atoms with Gasteiger partial charge >= 0.3 is 7.82 Å². The zero-order valence-corrected chi connectivity index (χ0v) is 23.9. The number of aromatic nitrogens is 3. The van der Waals surface area contributed by atoms with Crippen LogP contribution in [-0.2, 0) is 28.1 Å². The minimum atomic E-state index is -4.91. The lowest BCUT2D eigenvalue weighted by Crippen LogP contribution is -2.53. The summed E-state index contributed by atoms with van der Waals surface area (Å²) < 4.78 is 52.7. The first kappa shape index (κ1) is 30.0. The first-order chi connectivity index (χ1) is 19.3. The van der Waals surface area contributed by atoms with Gasteiger partial charge in [0.1, 0.15) is 18.3 Å². The van der Waals surface area contributed by atoms with Gasteiger partial charge in [-0.05, 0) is 32.1 Å². The predicted molar refractivity (Wildman–Crippen MR) is 142 cm³/mol. The molecule has 0 radical (unpaired) electrons. The van der Waals surface area contributed by atoms with Crippen LogP contribution in [0.2, 0.25) is 0 Å². The summed E-state index contributed by atoms with van der Waals surface area (Å²) in [7, 11) is -0.398. The normalized spacial score (nSPS) is 20.1. The molecule has 2 aromatic heterocycles. The summed E-state index contributed by atoms with van der Waals surface area (Å²) in [6, 6.07) is 2.52. The number of methoxy groups -OCH3 is 3. The van der Waals surface area contributed by atoms with Gasteiger partial charge in [-0.15, -0.1) is 0 Å². The molecule has 1 aliphatic heterocycles. The summed E-state index contributed by atoms with van der Waals surface area (Å²) in [6.07, 6.45) is 2.73. The van der Waals surface area contributed by atoms with E-state index < -0.39 is 37.9 Å². The fourth-order valence-electron chi connectivity index (χ4n) is 4.25. The number of fused-ring (bicyclic) bond motifs is 1. The van der Waals surface area contributed by atoms with Gasteiger partial charge in [-0.1, -0.05) is 6.92 Å². The van der Waals surface area contributed by atoms with E-state index in [9.17, 15) is 13.8 Å². The van der Waals surface area contributed by atoms with Gasteiger partial charge in [0.2, 0.25) is 5.95 Å². The van der Waals surface area contributed by atoms with Crippen LogP contribution in [-0.4, -0.2) is 70.3 Å². The molecule has 2 aromatic rings. The van der Waals surface area contributed by atoms with Crippen LogP contribution in [0.4, 0.5) is 27.8 Å². The molecule has 17 heteroatoms. The first-order valence-corrected chi connectivity index (χ1v) is 13.7. The molecule has 0 aromatic carbocycles. The van der Waals surface area contributed by atoms with E-state index in [2.05, 4.69) is 30.1 Å². The van der Waals surface area contributed by atoms with Crippen molar-refractivity contribution in [1.29, 1.82) is 0 Å². The lowest BCUT2D eigenvalue weighted by Gasteiger charge is -2.37. The summed E-state index contributed by atoms with van der Waals surface area (Å²) >= 11 is 0. The molecule has 1 aliphatic carbocycles. The molecule has 0 bridgehead atoms. The van der Waals surface area contributed by atoms with Crippen LogP contribution < -0.4 is 20.3 Å². The number of nitrogens with one attached hydrogen (secondary N) is 2. The van der Waals surface area contributed by atoms with Crippen molar-refractivity contribution in [2.75, 3.05) is 43.6 Å². The summed E-state index contributed by atoms with van der Waals surface area (Å²) in [5, 5.41) is 5.86. The second kappa shape index (κ2) is 11.5. The lowest BCUT2D eigenvalue weighted by atomic mass is 9.93. The molecule has 222 valence electrons. The largest absolute Gasteiger partial charge is 0.497 e. The van der Waals surface area contributed by atoms with Crippen molar-refractivity contribution in [2.24, 2.45) is 5.92 Å². The summed E-state index contributed by atoms with van der Waals surface area (Å²) in [5.74, 6) is -0.335. The predicted octanol–water partition coefficient (Wildman–Crippen LogP) is 2.79. The van der Waals surface area contributed by atoms with Gasteiger partial charge in [0, 0.05) is 5.92 Å². The Labute approximate surface area is 234 Å². The fourth-order valence-corrected chi connectivity index (χ4v) is 4.51. The molecule has 0 fully saturated rings. The number of carbonyl (C=O) groups excluding carboxylic acids is 1. The highest BCUT2D eigenvalue weighted by molar-refractivity contribution is 7.46. The summed E-state index contributed by atoms with van der Waals surface area (Å²) in [5.41, 5.74) is -1.36. The number of carbonyl (C=O) groups is 1. The zero-order chi connectivity index (χ0) is 30.1. The molecule has 0 saturated carbocycles. The van der Waals surface area contributed by atoms with Gasteiger partial charge in [0.15, 0.2) is 40.3 Å². The molecule has 0 spiro atoms. The van der Waals surface area contributed by atoms with Crippen LogP contribution in [0.15, 0.2) is 41.7 Å². The van der Waals surface area contributed by atoms with Gasteiger partial charge in [0.05, 0.1) is 33.6 Å². The molecular formula is C24H30FN6O9P. The number of pyridine rings is 1. The van der Waals surface area contributed by atoms with Crippen LogP contribution in [0, 0.1) is 11.7 Å². The molecule has 0 saturated heterocycles. The van der Waals surface area contributed by atoms with Crippen LogP contribution in [0.25, 0.3) is 0 Å². The van der Waals surface area contributed by atoms with Crippen molar-refractivity contribution in [3.8, 4) is 5.75 Å². The second-order valence-electron chi connectivity index (χ2n) is 9.42. The Balaban J connectivity index is 1.60. The maximum absolute atomic E-state index is 14.8. The molecule has 2 aliphatic rings. The number of amides is 1. The molecule has 15 nitrogen and oxygen atoms in total. The Morgan fingerprint density at radius 3 is 2.54 bits per heavy atom. The van der Waals surface area contributed by atoms with E-state index in [1.165, 1.54) is 47.3 Å². The van der Waals surface area contributed by atoms with Crippen LogP contribution >= 0.6 is 7.82 Å². The van der Waals surface area contributed by atoms with Crippen molar-refractivity contribution in [1.82, 2.24) is 15.0 Å². The van der Waals surface area contributed by atoms with Crippen molar-refractivity contribution >= 4 is 37.1 Å². The monoisotopic (exact) mass is 596 g/mol. The number of hydrogen-bond acceptors (Lipinski definition) is 12. The van der Waals surface area contributed by atoms with Crippen LogP contribution in [0.1, 0.15) is 20.8 Å². The van der Waals surface area contributed by atoms with E-state index >= 15 is 0 Å². The van der Waals surface area contributed by atoms with Crippen molar-refractivity contribution in [2.45, 2.75) is 32.4 Å². The Morgan fingerprint density at radius 2 is 1.90 bits per heavy atom. The van der Waals surface area contributed by atoms with E-state index in [1.54, 1.807) is 6.08 Å². The molecule has 4 rings (SSSR count). The molecule has 2 atom stereocenters. The highest BCUT2D eigenvalue weighted by atomic mass is 31.2. The third kappa shape index (κ3) is 6.35. The fraction of sp³-hybridized carbons (Fsp3) is 0.417. The van der Waals surface area contributed by atoms with Gasteiger partial charge in [-0.3, -0.25) is 14.2 Å². The maximum atomic E-state index is 14.8. The highest BCUT2D eigenvalue weighted by Crippen LogP contribution is 2.41. The van der Waals surface area contributed by atoms with Gasteiger partial charge in [0.25, 0.3) is 5.91 Å². The number of phosphoric acid groups is 1. The van der Waals surface area contributed by atoms with E-state index in [4.69, 9.17) is 28.7 Å². The lowest BCUT2D eigenvalue weighted by molar-refractivity contribution is -0.133. The molecule has 41 heavy (non-hydrogen) atoms. The van der Waals surface area contributed by atoms with E-state index in [0.717, 1.165) is 11.1 Å². The smallest absolute Gasteiger partial charge is 0.471 e. The minimum Gasteiger partial charge on any atom is -0.497 e. The summed E-state index contributed by atoms with van der Waals surface area (Å²) in [6.45, 7) is 4.07. The molecule has 1 amide bonds. The second-order valence-corrected chi connectivity index (χ2v) is 10.7. The maximum Gasteiger partial charge on any atom is 0.471 e. The Bertz CT molecular complexity index is 1450. The minimum absolute atomic E-state index is 0.0477. The third-order valence-electron chi connectivity index (χ3n) is 6.24. The number of halogens is 1. The van der Waals surface area contributed by atoms with Crippen molar-refractivity contribution < 1.29 is 47.0 Å². The van der Waals surface area contributed by atoms with Crippen LogP contribution in [0.5, 0.6) is 5.75 Å². The molecule has 3 heterocycles. The first-order valence-electron chi connectivity index (χ1n) is 12.1. The molecular weight excluding hydrogens is 566 g/mol. The average molecular weight is 597 g/mol. The van der Waals surface area contributed by atoms with Gasteiger partial charge < -0.3 is 39.4 Å². The Hall–Kier alpha value is -3.98. The third-order valence-corrected chi connectivity index (χ3v) is 6.69. The topological polar surface area (TPSA) is 187 Å². The number of anilines is 4. The number of nitrogens with zero attached hydrogens (tertiary/aromatic N) is 4. The number of phosphoric ester groups is 1. The highest BCUT2D eigenvalue weighted by Gasteiger charge is 2.43. The van der Waals surface area contributed by atoms with E-state index in [-0.39, 0.29) is 35.1 Å². The van der Waals surface area contributed by atoms with Gasteiger partial charge in [-0.25, -0.2) is 18.9 Å². The molecule has 4 N–H and O–H groups in total. The van der Waals surface area contributed by atoms with E-state index in [1.807, 2.05) is 6.92 Å². The van der Waals surface area contributed by atoms with Crippen LogP contribution in [0.3, 0.4) is 0 Å². The number of hydrogen-bond donors (Lipinski definition) is 4. The standard InChI is InChI=1S/C24H30FN6O9P/c1-12-14(9-16(36-4)19(38-6)18(12)37-5)27-23-26-10-13(25)20(30-23)28-17-8-7-15-21(29-17)31(11-39-41(33,34)35)22(32)24(2,3)40-15/h7-10,12,14H,11H2,1-6H3,(H2,33,34,35)(H2,26,27,28,29,30). The number of rotatable bonds is 10.